The molecule has 0 amide bonds. The van der Waals surface area contributed by atoms with E-state index in [1.54, 1.807) is 0 Å². The van der Waals surface area contributed by atoms with Gasteiger partial charge in [0.05, 0.1) is 6.10 Å². The summed E-state index contributed by atoms with van der Waals surface area (Å²) in [5, 5.41) is 19.2. The first-order valence-corrected chi connectivity index (χ1v) is 11.3. The van der Waals surface area contributed by atoms with Crippen LogP contribution in [-0.4, -0.2) is 22.3 Å². The first-order valence-electron chi connectivity index (χ1n) is 11.3. The average molecular weight is 375 g/mol. The van der Waals surface area contributed by atoms with Crippen molar-refractivity contribution in [2.75, 3.05) is 0 Å². The maximum absolute atomic E-state index is 11.0. The Morgan fingerprint density at radius 1 is 1.07 bits per heavy atom. The lowest BCUT2D eigenvalue weighted by Gasteiger charge is -2.59. The smallest absolute Gasteiger partial charge is 0.303 e. The Morgan fingerprint density at radius 3 is 2.52 bits per heavy atom. The van der Waals surface area contributed by atoms with Crippen LogP contribution in [0.15, 0.2) is 12.2 Å². The van der Waals surface area contributed by atoms with Crippen LogP contribution in [0.3, 0.4) is 0 Å². The average Bonchev–Trinajstić information content (AvgIpc) is 2.97. The summed E-state index contributed by atoms with van der Waals surface area (Å²) in [5.74, 6) is 3.30. The Morgan fingerprint density at radius 2 is 1.78 bits per heavy atom. The number of aliphatic hydroxyl groups is 1. The van der Waals surface area contributed by atoms with Crippen molar-refractivity contribution >= 4 is 5.97 Å². The van der Waals surface area contributed by atoms with E-state index < -0.39 is 5.97 Å². The van der Waals surface area contributed by atoms with Crippen LogP contribution in [0.25, 0.3) is 0 Å². The van der Waals surface area contributed by atoms with Crippen LogP contribution in [-0.2, 0) is 4.79 Å². The van der Waals surface area contributed by atoms with Crippen molar-refractivity contribution in [3.63, 3.8) is 0 Å². The van der Waals surface area contributed by atoms with Crippen LogP contribution in [0.1, 0.15) is 78.6 Å². The van der Waals surface area contributed by atoms with Crippen molar-refractivity contribution in [1.29, 1.82) is 0 Å². The molecular weight excluding hydrogens is 336 g/mol. The summed E-state index contributed by atoms with van der Waals surface area (Å²) in [5.41, 5.74) is 0.744. The van der Waals surface area contributed by atoms with Crippen LogP contribution in [0.2, 0.25) is 0 Å². The van der Waals surface area contributed by atoms with Crippen LogP contribution < -0.4 is 0 Å². The molecule has 2 unspecified atom stereocenters. The van der Waals surface area contributed by atoms with Crippen LogP contribution in [0.5, 0.6) is 0 Å². The van der Waals surface area contributed by atoms with E-state index in [1.807, 2.05) is 0 Å². The third kappa shape index (κ3) is 3.09. The molecule has 4 rings (SSSR count). The summed E-state index contributed by atoms with van der Waals surface area (Å²) >= 11 is 0. The number of carboxylic acids is 1. The van der Waals surface area contributed by atoms with Gasteiger partial charge in [-0.2, -0.15) is 0 Å². The maximum Gasteiger partial charge on any atom is 0.303 e. The molecule has 0 aromatic carbocycles. The highest BCUT2D eigenvalue weighted by atomic mass is 16.4. The van der Waals surface area contributed by atoms with Crippen LogP contribution in [0, 0.1) is 46.3 Å². The van der Waals surface area contributed by atoms with Crippen molar-refractivity contribution in [3.8, 4) is 0 Å². The van der Waals surface area contributed by atoms with Gasteiger partial charge in [0.2, 0.25) is 0 Å². The van der Waals surface area contributed by atoms with Gasteiger partial charge >= 0.3 is 5.97 Å². The van der Waals surface area contributed by atoms with Crippen molar-refractivity contribution in [2.45, 2.75) is 84.7 Å². The summed E-state index contributed by atoms with van der Waals surface area (Å²) < 4.78 is 0. The molecule has 4 aliphatic rings. The zero-order chi connectivity index (χ0) is 19.4. The maximum atomic E-state index is 11.0. The van der Waals surface area contributed by atoms with Crippen LogP contribution in [0.4, 0.5) is 0 Å². The lowest BCUT2D eigenvalue weighted by molar-refractivity contribution is -0.137. The number of aliphatic hydroxyl groups excluding tert-OH is 1. The molecule has 3 fully saturated rings. The molecule has 0 aromatic rings. The quantitative estimate of drug-likeness (QED) is 0.658. The van der Waals surface area contributed by atoms with Gasteiger partial charge in [0.1, 0.15) is 0 Å². The van der Waals surface area contributed by atoms with E-state index in [4.69, 9.17) is 5.11 Å². The molecule has 4 aliphatic carbocycles. The van der Waals surface area contributed by atoms with Crippen molar-refractivity contribution in [2.24, 2.45) is 46.3 Å². The number of aliphatic carboxylic acids is 1. The van der Waals surface area contributed by atoms with Crippen molar-refractivity contribution < 1.29 is 15.0 Å². The van der Waals surface area contributed by atoms with Gasteiger partial charge in [-0.1, -0.05) is 32.9 Å². The second-order valence-electron chi connectivity index (χ2n) is 10.9. The normalized spacial score (nSPS) is 49.8. The lowest BCUT2D eigenvalue weighted by Crippen LogP contribution is -2.52. The molecule has 0 heterocycles. The van der Waals surface area contributed by atoms with E-state index in [2.05, 4.69) is 32.9 Å². The molecule has 0 saturated heterocycles. The molecule has 3 nitrogen and oxygen atoms in total. The summed E-state index contributed by atoms with van der Waals surface area (Å²) in [6.07, 6.45) is 14.3. The highest BCUT2D eigenvalue weighted by Gasteiger charge is 2.59. The van der Waals surface area contributed by atoms with Gasteiger partial charge in [0, 0.05) is 6.42 Å². The standard InChI is InChI=1S/C24H38O3/c1-15(4-9-22(26)27)19-7-8-20-18-6-5-16-14-17(25)10-12-23(16,2)21(18)11-13-24(19,20)3/h5-6,15-21,25H,4,7-14H2,1-3H3,(H,26,27)/t15-,16?,17?,18+,19-,20+,21+,23+,24-/m1/s1. The lowest BCUT2D eigenvalue weighted by atomic mass is 9.46. The molecule has 27 heavy (non-hydrogen) atoms. The Hall–Kier alpha value is -0.830. The van der Waals surface area contributed by atoms with E-state index in [9.17, 15) is 9.90 Å². The summed E-state index contributed by atoms with van der Waals surface area (Å²) in [7, 11) is 0. The number of hydrogen-bond acceptors (Lipinski definition) is 2. The molecule has 0 spiro atoms. The van der Waals surface area contributed by atoms with E-state index >= 15 is 0 Å². The summed E-state index contributed by atoms with van der Waals surface area (Å²) in [6, 6.07) is 0. The van der Waals surface area contributed by atoms with Gasteiger partial charge in [-0.05, 0) is 97.7 Å². The Kier molecular flexibility index (Phi) is 4.98. The largest absolute Gasteiger partial charge is 0.481 e. The Balaban J connectivity index is 1.55. The van der Waals surface area contributed by atoms with Crippen molar-refractivity contribution in [3.05, 3.63) is 12.2 Å². The minimum atomic E-state index is -0.654. The number of hydrogen-bond donors (Lipinski definition) is 2. The number of fused-ring (bicyclic) bond motifs is 5. The monoisotopic (exact) mass is 374 g/mol. The number of carboxylic acid groups (broad SMARTS) is 1. The van der Waals surface area contributed by atoms with Crippen LogP contribution >= 0.6 is 0 Å². The second kappa shape index (κ2) is 6.90. The molecule has 152 valence electrons. The predicted molar refractivity (Wildman–Crippen MR) is 107 cm³/mol. The van der Waals surface area contributed by atoms with E-state index in [0.717, 1.165) is 31.1 Å². The topological polar surface area (TPSA) is 57.5 Å². The Labute approximate surface area is 164 Å². The SMILES string of the molecule is C[C@H](CCC(=O)O)[C@H]1CC[C@H]2[C@@H]3C=CC4CC(O)CC[C@]4(C)[C@H]3CC[C@]12C. The molecule has 3 saturated carbocycles. The second-order valence-corrected chi connectivity index (χ2v) is 10.9. The predicted octanol–water partition coefficient (Wildman–Crippen LogP) is 5.28. The van der Waals surface area contributed by atoms with Gasteiger partial charge in [-0.25, -0.2) is 0 Å². The molecule has 0 bridgehead atoms. The fraction of sp³-hybridized carbons (Fsp3) is 0.875. The first-order chi connectivity index (χ1) is 12.8. The fourth-order valence-corrected chi connectivity index (χ4v) is 8.12. The fourth-order valence-electron chi connectivity index (χ4n) is 8.12. The summed E-state index contributed by atoms with van der Waals surface area (Å²) in [4.78, 5) is 11.0. The minimum Gasteiger partial charge on any atom is -0.481 e. The number of rotatable bonds is 4. The van der Waals surface area contributed by atoms with Gasteiger partial charge in [0.15, 0.2) is 0 Å². The highest BCUT2D eigenvalue weighted by Crippen LogP contribution is 2.66. The van der Waals surface area contributed by atoms with E-state index in [1.165, 1.54) is 32.1 Å². The third-order valence-corrected chi connectivity index (χ3v) is 9.71. The zero-order valence-corrected chi connectivity index (χ0v) is 17.4. The van der Waals surface area contributed by atoms with Gasteiger partial charge in [-0.15, -0.1) is 0 Å². The van der Waals surface area contributed by atoms with Crippen molar-refractivity contribution in [1.82, 2.24) is 0 Å². The molecule has 3 heteroatoms. The highest BCUT2D eigenvalue weighted by molar-refractivity contribution is 5.66. The molecular formula is C24H38O3. The molecule has 0 aromatic heterocycles. The molecule has 2 N–H and O–H groups in total. The van der Waals surface area contributed by atoms with Gasteiger partial charge in [0.25, 0.3) is 0 Å². The number of allylic oxidation sites excluding steroid dienone is 2. The number of carbonyl (C=O) groups is 1. The Bertz CT molecular complexity index is 613. The van der Waals surface area contributed by atoms with Gasteiger partial charge < -0.3 is 10.2 Å². The molecule has 0 aliphatic heterocycles. The molecule has 0 radical (unpaired) electrons. The van der Waals surface area contributed by atoms with E-state index in [-0.39, 0.29) is 6.10 Å². The first kappa shape index (κ1) is 19.5. The summed E-state index contributed by atoms with van der Waals surface area (Å²) in [6.45, 7) is 7.33. The molecule has 9 atom stereocenters. The van der Waals surface area contributed by atoms with Gasteiger partial charge in [-0.3, -0.25) is 4.79 Å². The van der Waals surface area contributed by atoms with E-state index in [0.29, 0.717) is 40.9 Å². The minimum absolute atomic E-state index is 0.107. The third-order valence-electron chi connectivity index (χ3n) is 9.71. The zero-order valence-electron chi connectivity index (χ0n) is 17.4.